The molecule has 0 aliphatic rings. The Morgan fingerprint density at radius 2 is 1.63 bits per heavy atom. The van der Waals surface area contributed by atoms with Gasteiger partial charge in [-0.1, -0.05) is 0 Å². The summed E-state index contributed by atoms with van der Waals surface area (Å²) >= 11 is 0. The first-order valence-electron chi connectivity index (χ1n) is 5.75. The van der Waals surface area contributed by atoms with E-state index >= 15 is 0 Å². The van der Waals surface area contributed by atoms with Crippen molar-refractivity contribution in [2.24, 2.45) is 0 Å². The molecule has 19 heavy (non-hydrogen) atoms. The minimum absolute atomic E-state index is 0.201. The fraction of sp³-hybridized carbons (Fsp3) is 0. The third kappa shape index (κ3) is 2.40. The van der Waals surface area contributed by atoms with Gasteiger partial charge in [-0.25, -0.2) is 4.98 Å². The summed E-state index contributed by atoms with van der Waals surface area (Å²) in [7, 11) is 0. The van der Waals surface area contributed by atoms with Gasteiger partial charge in [0.2, 0.25) is 0 Å². The van der Waals surface area contributed by atoms with E-state index in [0.717, 1.165) is 11.1 Å². The van der Waals surface area contributed by atoms with E-state index in [4.69, 9.17) is 0 Å². The zero-order chi connectivity index (χ0) is 13.1. The highest BCUT2D eigenvalue weighted by atomic mass is 16.1. The van der Waals surface area contributed by atoms with Gasteiger partial charge in [0.1, 0.15) is 5.82 Å². The summed E-state index contributed by atoms with van der Waals surface area (Å²) in [5.41, 5.74) is 1.97. The van der Waals surface area contributed by atoms with E-state index < -0.39 is 0 Å². The Balaban J connectivity index is 2.15. The van der Waals surface area contributed by atoms with E-state index in [9.17, 15) is 4.79 Å². The van der Waals surface area contributed by atoms with Crippen LogP contribution in [-0.2, 0) is 0 Å². The Kier molecular flexibility index (Phi) is 2.86. The molecule has 0 aliphatic heterocycles. The van der Waals surface area contributed by atoms with E-state index in [1.807, 2.05) is 18.2 Å². The van der Waals surface area contributed by atoms with Gasteiger partial charge in [-0.2, -0.15) is 0 Å². The minimum Gasteiger partial charge on any atom is -0.306 e. The molecule has 0 bridgehead atoms. The highest BCUT2D eigenvalue weighted by Crippen LogP contribution is 2.17. The Hall–Kier alpha value is -2.82. The molecule has 5 heteroatoms. The first-order chi connectivity index (χ1) is 9.33. The molecule has 0 aliphatic carbocycles. The summed E-state index contributed by atoms with van der Waals surface area (Å²) in [6, 6.07) is 8.77. The molecule has 3 aromatic heterocycles. The van der Waals surface area contributed by atoms with Crippen LogP contribution in [0.3, 0.4) is 0 Å². The summed E-state index contributed by atoms with van der Waals surface area (Å²) in [5.74, 6) is 0.499. The molecule has 0 radical (unpaired) electrons. The Bertz CT molecular complexity index is 677. The molecule has 0 saturated carbocycles. The second-order valence-corrected chi connectivity index (χ2v) is 3.96. The molecule has 3 aromatic rings. The number of H-pyrrole nitrogens is 1. The van der Waals surface area contributed by atoms with Crippen molar-refractivity contribution in [3.63, 3.8) is 0 Å². The lowest BCUT2D eigenvalue weighted by Gasteiger charge is -2.03. The normalized spacial score (nSPS) is 10.3. The topological polar surface area (TPSA) is 71.5 Å². The van der Waals surface area contributed by atoms with Gasteiger partial charge in [-0.3, -0.25) is 14.8 Å². The van der Waals surface area contributed by atoms with Crippen LogP contribution in [0.15, 0.2) is 59.9 Å². The largest absolute Gasteiger partial charge is 0.306 e. The second-order valence-electron chi connectivity index (χ2n) is 3.96. The van der Waals surface area contributed by atoms with Crippen LogP contribution < -0.4 is 5.56 Å². The predicted octanol–water partition coefficient (Wildman–Crippen LogP) is 1.89. The monoisotopic (exact) mass is 250 g/mol. The fourth-order valence-corrected chi connectivity index (χ4v) is 1.76. The van der Waals surface area contributed by atoms with Gasteiger partial charge in [-0.15, -0.1) is 0 Å². The Morgan fingerprint density at radius 3 is 2.26 bits per heavy atom. The molecule has 0 spiro atoms. The SMILES string of the molecule is O=c1cc(-c2cccnc2)nc(-c2cccnc2)[nH]1. The van der Waals surface area contributed by atoms with E-state index in [2.05, 4.69) is 19.9 Å². The van der Waals surface area contributed by atoms with Gasteiger partial charge < -0.3 is 4.98 Å². The second kappa shape index (κ2) is 4.81. The first kappa shape index (κ1) is 11.3. The fourth-order valence-electron chi connectivity index (χ4n) is 1.76. The molecule has 0 atom stereocenters. The smallest absolute Gasteiger partial charge is 0.251 e. The predicted molar refractivity (Wildman–Crippen MR) is 71.3 cm³/mol. The van der Waals surface area contributed by atoms with Crippen molar-refractivity contribution < 1.29 is 0 Å². The van der Waals surface area contributed by atoms with E-state index in [1.54, 1.807) is 30.9 Å². The Morgan fingerprint density at radius 1 is 0.947 bits per heavy atom. The van der Waals surface area contributed by atoms with Crippen LogP contribution in [0, 0.1) is 0 Å². The van der Waals surface area contributed by atoms with Crippen LogP contribution in [0.2, 0.25) is 0 Å². The number of nitrogens with one attached hydrogen (secondary N) is 1. The van der Waals surface area contributed by atoms with Crippen LogP contribution in [-0.4, -0.2) is 19.9 Å². The molecule has 92 valence electrons. The van der Waals surface area contributed by atoms with Crippen LogP contribution in [0.5, 0.6) is 0 Å². The lowest BCUT2D eigenvalue weighted by atomic mass is 10.2. The molecule has 0 unspecified atom stereocenters. The Labute approximate surface area is 109 Å². The maximum Gasteiger partial charge on any atom is 0.251 e. The molecular formula is C14H10N4O. The van der Waals surface area contributed by atoms with Crippen molar-refractivity contribution in [1.29, 1.82) is 0 Å². The molecule has 3 heterocycles. The molecule has 1 N–H and O–H groups in total. The van der Waals surface area contributed by atoms with Crippen LogP contribution >= 0.6 is 0 Å². The van der Waals surface area contributed by atoms with Gasteiger partial charge >= 0.3 is 0 Å². The van der Waals surface area contributed by atoms with E-state index in [1.165, 1.54) is 6.07 Å². The summed E-state index contributed by atoms with van der Waals surface area (Å²) < 4.78 is 0. The molecule has 0 fully saturated rings. The maximum atomic E-state index is 11.7. The minimum atomic E-state index is -0.201. The van der Waals surface area contributed by atoms with Gasteiger partial charge in [-0.05, 0) is 24.3 Å². The summed E-state index contributed by atoms with van der Waals surface area (Å²) in [5, 5.41) is 0. The number of pyridine rings is 2. The molecular weight excluding hydrogens is 240 g/mol. The number of hydrogen-bond acceptors (Lipinski definition) is 4. The molecule has 0 aromatic carbocycles. The van der Waals surface area contributed by atoms with Crippen molar-refractivity contribution in [3.8, 4) is 22.6 Å². The van der Waals surface area contributed by atoms with E-state index in [0.29, 0.717) is 11.5 Å². The molecule has 5 nitrogen and oxygen atoms in total. The van der Waals surface area contributed by atoms with Crippen molar-refractivity contribution in [1.82, 2.24) is 19.9 Å². The first-order valence-corrected chi connectivity index (χ1v) is 5.75. The lowest BCUT2D eigenvalue weighted by Crippen LogP contribution is -2.08. The average molecular weight is 250 g/mol. The number of aromatic amines is 1. The summed E-state index contributed by atoms with van der Waals surface area (Å²) in [6.45, 7) is 0. The lowest BCUT2D eigenvalue weighted by molar-refractivity contribution is 1.12. The maximum absolute atomic E-state index is 11.7. The van der Waals surface area contributed by atoms with Crippen molar-refractivity contribution in [3.05, 3.63) is 65.5 Å². The molecule has 0 saturated heterocycles. The highest BCUT2D eigenvalue weighted by molar-refractivity contribution is 5.61. The number of aromatic nitrogens is 4. The van der Waals surface area contributed by atoms with Gasteiger partial charge in [0, 0.05) is 42.0 Å². The number of rotatable bonds is 2. The number of nitrogens with zero attached hydrogens (tertiary/aromatic N) is 3. The van der Waals surface area contributed by atoms with Gasteiger partial charge in [0.15, 0.2) is 0 Å². The summed E-state index contributed by atoms with van der Waals surface area (Å²) in [6.07, 6.45) is 6.69. The number of hydrogen-bond donors (Lipinski definition) is 1. The standard InChI is InChI=1S/C14H10N4O/c19-13-7-12(10-3-1-5-15-8-10)17-14(18-13)11-4-2-6-16-9-11/h1-9H,(H,17,18,19). The van der Waals surface area contributed by atoms with Crippen LogP contribution in [0.4, 0.5) is 0 Å². The average Bonchev–Trinajstić information content (AvgIpc) is 2.48. The van der Waals surface area contributed by atoms with Crippen molar-refractivity contribution >= 4 is 0 Å². The molecule has 3 rings (SSSR count). The van der Waals surface area contributed by atoms with Crippen molar-refractivity contribution in [2.45, 2.75) is 0 Å². The van der Waals surface area contributed by atoms with Gasteiger partial charge in [0.05, 0.1) is 5.69 Å². The third-order valence-electron chi connectivity index (χ3n) is 2.63. The van der Waals surface area contributed by atoms with Crippen LogP contribution in [0.25, 0.3) is 22.6 Å². The van der Waals surface area contributed by atoms with Gasteiger partial charge in [0.25, 0.3) is 5.56 Å². The zero-order valence-electron chi connectivity index (χ0n) is 9.95. The highest BCUT2D eigenvalue weighted by Gasteiger charge is 2.05. The van der Waals surface area contributed by atoms with E-state index in [-0.39, 0.29) is 5.56 Å². The zero-order valence-corrected chi connectivity index (χ0v) is 9.95. The quantitative estimate of drug-likeness (QED) is 0.754. The van der Waals surface area contributed by atoms with Crippen LogP contribution in [0.1, 0.15) is 0 Å². The summed E-state index contributed by atoms with van der Waals surface area (Å²) in [4.78, 5) is 26.9. The van der Waals surface area contributed by atoms with Crippen molar-refractivity contribution in [2.75, 3.05) is 0 Å². The third-order valence-corrected chi connectivity index (χ3v) is 2.63. The molecule has 0 amide bonds.